The van der Waals surface area contributed by atoms with E-state index in [1.54, 1.807) is 33.2 Å². The molecule has 0 radical (unpaired) electrons. The Morgan fingerprint density at radius 1 is 1.37 bits per heavy atom. The fourth-order valence-electron chi connectivity index (χ4n) is 1.83. The Kier molecular flexibility index (Phi) is 4.60. The van der Waals surface area contributed by atoms with Gasteiger partial charge in [0.25, 0.3) is 0 Å². The molecule has 2 rings (SSSR count). The fourth-order valence-corrected chi connectivity index (χ4v) is 1.83. The lowest BCUT2D eigenvalue weighted by Crippen LogP contribution is -3.00. The van der Waals surface area contributed by atoms with E-state index < -0.39 is 0 Å². The van der Waals surface area contributed by atoms with E-state index >= 15 is 0 Å². The molecule has 1 amide bonds. The second kappa shape index (κ2) is 5.63. The number of carbonyl (C=O) groups is 1. The minimum atomic E-state index is 0. The SMILES string of the molecule is Cc1c(C[N+](C)(C)C=O)nc2ccccc2[n+]1[O-].[Br-]. The molecule has 0 saturated heterocycles. The number of aromatic nitrogens is 2. The van der Waals surface area contributed by atoms with Crippen LogP contribution in [0.15, 0.2) is 24.3 Å². The predicted octanol–water partition coefficient (Wildman–Crippen LogP) is -2.09. The van der Waals surface area contributed by atoms with Crippen molar-refractivity contribution in [2.24, 2.45) is 0 Å². The topological polar surface area (TPSA) is 56.9 Å². The summed E-state index contributed by atoms with van der Waals surface area (Å²) >= 11 is 0. The van der Waals surface area contributed by atoms with Crippen LogP contribution in [0, 0.1) is 12.1 Å². The van der Waals surface area contributed by atoms with Gasteiger partial charge in [-0.25, -0.2) is 9.78 Å². The molecule has 6 heteroatoms. The average Bonchev–Trinajstić information content (AvgIpc) is 2.35. The molecule has 0 spiro atoms. The van der Waals surface area contributed by atoms with Crippen molar-refractivity contribution in [3.8, 4) is 0 Å². The van der Waals surface area contributed by atoms with Gasteiger partial charge in [0.05, 0.1) is 14.1 Å². The van der Waals surface area contributed by atoms with Crippen molar-refractivity contribution in [1.82, 2.24) is 4.98 Å². The van der Waals surface area contributed by atoms with Gasteiger partial charge in [-0.2, -0.15) is 4.73 Å². The highest BCUT2D eigenvalue weighted by atomic mass is 79.9. The van der Waals surface area contributed by atoms with Gasteiger partial charge in [-0.3, -0.25) is 4.48 Å². The van der Waals surface area contributed by atoms with Gasteiger partial charge in [0.2, 0.25) is 11.2 Å². The number of benzene rings is 1. The Morgan fingerprint density at radius 3 is 2.63 bits per heavy atom. The summed E-state index contributed by atoms with van der Waals surface area (Å²) < 4.78 is 1.02. The Morgan fingerprint density at radius 2 is 2.00 bits per heavy atom. The minimum absolute atomic E-state index is 0. The lowest BCUT2D eigenvalue weighted by atomic mass is 10.2. The van der Waals surface area contributed by atoms with Crippen molar-refractivity contribution in [2.75, 3.05) is 14.1 Å². The Labute approximate surface area is 122 Å². The van der Waals surface area contributed by atoms with E-state index in [1.807, 2.05) is 12.1 Å². The average molecular weight is 326 g/mol. The molecule has 1 heterocycles. The first-order chi connectivity index (χ1) is 8.44. The third kappa shape index (κ3) is 3.08. The first-order valence-corrected chi connectivity index (χ1v) is 5.71. The van der Waals surface area contributed by atoms with Gasteiger partial charge in [-0.15, -0.1) is 0 Å². The summed E-state index contributed by atoms with van der Waals surface area (Å²) in [4.78, 5) is 15.4. The van der Waals surface area contributed by atoms with E-state index in [-0.39, 0.29) is 21.5 Å². The van der Waals surface area contributed by atoms with E-state index in [0.29, 0.717) is 29.0 Å². The molecular formula is C13H16BrN3O2. The summed E-state index contributed by atoms with van der Waals surface area (Å²) in [5, 5.41) is 12.1. The molecule has 0 atom stereocenters. The number of carbonyl (C=O) groups excluding carboxylic acids is 1. The van der Waals surface area contributed by atoms with Gasteiger partial charge in [0.1, 0.15) is 12.1 Å². The molecule has 0 unspecified atom stereocenters. The molecule has 0 fully saturated rings. The molecule has 19 heavy (non-hydrogen) atoms. The largest absolute Gasteiger partial charge is 1.00 e. The van der Waals surface area contributed by atoms with Crippen LogP contribution in [0.3, 0.4) is 0 Å². The van der Waals surface area contributed by atoms with E-state index in [1.165, 1.54) is 0 Å². The molecule has 102 valence electrons. The van der Waals surface area contributed by atoms with Gasteiger partial charge in [-0.1, -0.05) is 12.1 Å². The minimum Gasteiger partial charge on any atom is -1.00 e. The fraction of sp³-hybridized carbons (Fsp3) is 0.308. The van der Waals surface area contributed by atoms with Crippen molar-refractivity contribution in [3.63, 3.8) is 0 Å². The lowest BCUT2D eigenvalue weighted by Gasteiger charge is -2.21. The number of amides is 1. The number of fused-ring (bicyclic) bond motifs is 1. The first kappa shape index (κ1) is 15.5. The normalized spacial score (nSPS) is 11.1. The van der Waals surface area contributed by atoms with E-state index in [0.717, 1.165) is 11.1 Å². The molecule has 2 aromatic rings. The summed E-state index contributed by atoms with van der Waals surface area (Å²) in [6.07, 6.45) is 0.839. The second-order valence-electron chi connectivity index (χ2n) is 4.97. The highest BCUT2D eigenvalue weighted by Crippen LogP contribution is 2.13. The number of hydrogen-bond donors (Lipinski definition) is 0. The summed E-state index contributed by atoms with van der Waals surface area (Å²) in [5.41, 5.74) is 2.40. The van der Waals surface area contributed by atoms with Crippen molar-refractivity contribution in [2.45, 2.75) is 13.5 Å². The monoisotopic (exact) mass is 325 g/mol. The number of nitrogens with zero attached hydrogens (tertiary/aromatic N) is 3. The van der Waals surface area contributed by atoms with E-state index in [9.17, 15) is 10.0 Å². The van der Waals surface area contributed by atoms with Crippen LogP contribution in [-0.2, 0) is 11.3 Å². The Balaban J connectivity index is 0.00000180. The molecule has 0 aliphatic heterocycles. The zero-order valence-electron chi connectivity index (χ0n) is 11.1. The number of halogens is 1. The molecule has 5 nitrogen and oxygen atoms in total. The van der Waals surface area contributed by atoms with Gasteiger partial charge in [0.15, 0.2) is 5.69 Å². The Hall–Kier alpha value is -1.53. The van der Waals surface area contributed by atoms with Crippen LogP contribution in [-0.4, -0.2) is 30.0 Å². The van der Waals surface area contributed by atoms with Crippen molar-refractivity contribution < 1.29 is 31.0 Å². The first-order valence-electron chi connectivity index (χ1n) is 5.71. The molecule has 0 aliphatic rings. The van der Waals surface area contributed by atoms with E-state index in [2.05, 4.69) is 4.98 Å². The highest BCUT2D eigenvalue weighted by Gasteiger charge is 2.22. The summed E-state index contributed by atoms with van der Waals surface area (Å²) in [7, 11) is 3.55. The smallest absolute Gasteiger partial charge is 0.301 e. The van der Waals surface area contributed by atoms with Crippen LogP contribution in [0.25, 0.3) is 11.0 Å². The summed E-state index contributed by atoms with van der Waals surface area (Å²) in [6.45, 7) is 2.13. The van der Waals surface area contributed by atoms with Gasteiger partial charge >= 0.3 is 6.41 Å². The zero-order valence-corrected chi connectivity index (χ0v) is 12.7. The Bertz CT molecular complexity index is 614. The van der Waals surface area contributed by atoms with E-state index in [4.69, 9.17) is 0 Å². The van der Waals surface area contributed by atoms with Crippen LogP contribution in [0.1, 0.15) is 11.4 Å². The molecule has 0 saturated carbocycles. The summed E-state index contributed by atoms with van der Waals surface area (Å²) in [5.74, 6) is 0. The zero-order chi connectivity index (χ0) is 13.3. The number of quaternary nitrogens is 1. The number of para-hydroxylation sites is 2. The van der Waals surface area contributed by atoms with Crippen molar-refractivity contribution in [3.05, 3.63) is 40.9 Å². The lowest BCUT2D eigenvalue weighted by molar-refractivity contribution is -0.819. The van der Waals surface area contributed by atoms with Crippen LogP contribution in [0.2, 0.25) is 0 Å². The molecule has 1 aromatic heterocycles. The standard InChI is InChI=1S/C13H16N3O2.BrH/c1-10-12(8-16(2,3)9-17)14-11-6-4-5-7-13(11)15(10)18;/h4-7,9H,8H2,1-3H3;1H/q+1;/p-1. The van der Waals surface area contributed by atoms with Gasteiger partial charge in [-0.05, 0) is 6.07 Å². The number of rotatable bonds is 3. The third-order valence-corrected chi connectivity index (χ3v) is 2.92. The van der Waals surface area contributed by atoms with Gasteiger partial charge in [0, 0.05) is 13.0 Å². The van der Waals surface area contributed by atoms with Crippen LogP contribution in [0.4, 0.5) is 0 Å². The van der Waals surface area contributed by atoms with Crippen LogP contribution in [0.5, 0.6) is 0 Å². The molecule has 0 aliphatic carbocycles. The second-order valence-corrected chi connectivity index (χ2v) is 4.97. The van der Waals surface area contributed by atoms with Crippen LogP contribution < -0.4 is 21.7 Å². The molecule has 0 bridgehead atoms. The highest BCUT2D eigenvalue weighted by molar-refractivity contribution is 5.70. The quantitative estimate of drug-likeness (QED) is 0.281. The van der Waals surface area contributed by atoms with Crippen LogP contribution >= 0.6 is 0 Å². The third-order valence-electron chi connectivity index (χ3n) is 2.92. The van der Waals surface area contributed by atoms with Crippen molar-refractivity contribution in [1.29, 1.82) is 0 Å². The molecule has 1 aromatic carbocycles. The predicted molar refractivity (Wildman–Crippen MR) is 67.3 cm³/mol. The summed E-state index contributed by atoms with van der Waals surface area (Å²) in [6, 6.07) is 7.19. The molecular weight excluding hydrogens is 310 g/mol. The maximum absolute atomic E-state index is 12.1. The maximum Gasteiger partial charge on any atom is 0.301 e. The maximum atomic E-state index is 12.1. The van der Waals surface area contributed by atoms with Crippen molar-refractivity contribution >= 4 is 17.4 Å². The number of hydrogen-bond acceptors (Lipinski definition) is 3. The molecule has 0 N–H and O–H groups in total. The van der Waals surface area contributed by atoms with Gasteiger partial charge < -0.3 is 22.2 Å².